The van der Waals surface area contributed by atoms with Crippen molar-refractivity contribution in [3.05, 3.63) is 39.8 Å². The summed E-state index contributed by atoms with van der Waals surface area (Å²) < 4.78 is 33.6. The average Bonchev–Trinajstić information content (AvgIpc) is 3.32. The van der Waals surface area contributed by atoms with E-state index in [2.05, 4.69) is 9.88 Å². The Morgan fingerprint density at radius 2 is 1.85 bits per heavy atom. The Hall–Kier alpha value is -3.83. The number of carbonyl (C=O) groups is 3. The van der Waals surface area contributed by atoms with Crippen LogP contribution in [0.1, 0.15) is 41.5 Å². The molecule has 1 aromatic heterocycles. The number of hydrogen-bond acceptors (Lipinski definition) is 13. The molecule has 0 aliphatic heterocycles. The largest absolute Gasteiger partial charge is 0.507 e. The number of nitrogens with two attached hydrogens (primary N) is 2. The molecule has 46 heavy (non-hydrogen) atoms. The van der Waals surface area contributed by atoms with E-state index in [0.717, 1.165) is 0 Å². The number of ketones is 2. The zero-order valence-corrected chi connectivity index (χ0v) is 27.7. The Morgan fingerprint density at radius 3 is 2.35 bits per heavy atom. The number of amides is 1. The molecule has 0 radical (unpaired) electrons. The van der Waals surface area contributed by atoms with Gasteiger partial charge in [-0.15, -0.1) is 0 Å². The highest BCUT2D eigenvalue weighted by molar-refractivity contribution is 7.89. The summed E-state index contributed by atoms with van der Waals surface area (Å²) in [7, 11) is 2.70. The maximum absolute atomic E-state index is 14.3. The number of nitrogens with zero attached hydrogens (tertiary/aromatic N) is 3. The van der Waals surface area contributed by atoms with Crippen LogP contribution in [0.5, 0.6) is 5.75 Å². The standard InChI is InChI=1S/C30H42N6O9S/c1-13(29(32)41)27(39)30(42)19(21(11-31)36(6)7)9-16-8-18-20(35(4)5)10-17(24(37)23(18)25(38)22(16)28(30)40)12-33-46(43,44)26-14(2)34-45-15(26)3/h10,13,16,19,21,33,37-38,42H,8-9,11-12,31H2,1-7H3,(H2,32,41)/t13?,16-,19-,21+,30+/m0/s1. The van der Waals surface area contributed by atoms with E-state index in [9.17, 15) is 38.1 Å². The second-order valence-electron chi connectivity index (χ2n) is 12.5. The first-order valence-corrected chi connectivity index (χ1v) is 16.2. The van der Waals surface area contributed by atoms with E-state index < -0.39 is 74.9 Å². The van der Waals surface area contributed by atoms with Crippen LogP contribution in [0, 0.1) is 31.6 Å². The summed E-state index contributed by atoms with van der Waals surface area (Å²) in [5.74, 6) is -7.61. The number of carbonyl (C=O) groups excluding carboxylic acids is 3. The van der Waals surface area contributed by atoms with E-state index >= 15 is 0 Å². The number of phenols is 1. The Balaban J connectivity index is 1.89. The highest BCUT2D eigenvalue weighted by Gasteiger charge is 2.61. The van der Waals surface area contributed by atoms with Gasteiger partial charge in [-0.25, -0.2) is 13.1 Å². The maximum Gasteiger partial charge on any atom is 0.246 e. The predicted molar refractivity (Wildman–Crippen MR) is 167 cm³/mol. The lowest BCUT2D eigenvalue weighted by Crippen LogP contribution is -2.66. The summed E-state index contributed by atoms with van der Waals surface area (Å²) in [4.78, 5) is 43.3. The number of rotatable bonds is 11. The van der Waals surface area contributed by atoms with Crippen molar-refractivity contribution in [1.82, 2.24) is 14.8 Å². The molecule has 2 aromatic rings. The number of Topliss-reactive ketones (excluding diaryl/α,β-unsaturated/α-hetero) is 2. The molecule has 0 bridgehead atoms. The summed E-state index contributed by atoms with van der Waals surface area (Å²) in [5, 5.41) is 38.9. The monoisotopic (exact) mass is 662 g/mol. The smallest absolute Gasteiger partial charge is 0.246 e. The molecular weight excluding hydrogens is 620 g/mol. The molecule has 8 N–H and O–H groups in total. The second-order valence-corrected chi connectivity index (χ2v) is 14.2. The quantitative estimate of drug-likeness (QED) is 0.172. The third-order valence-electron chi connectivity index (χ3n) is 9.22. The van der Waals surface area contributed by atoms with Gasteiger partial charge >= 0.3 is 0 Å². The first kappa shape index (κ1) is 35.0. The Kier molecular flexibility index (Phi) is 9.45. The molecule has 4 rings (SSSR count). The number of fused-ring (bicyclic) bond motifs is 2. The van der Waals surface area contributed by atoms with E-state index in [1.807, 2.05) is 0 Å². The van der Waals surface area contributed by atoms with Crippen LogP contribution in [0.25, 0.3) is 5.76 Å². The minimum Gasteiger partial charge on any atom is -0.507 e. The number of aryl methyl sites for hydroxylation is 2. The van der Waals surface area contributed by atoms with Crippen LogP contribution < -0.4 is 21.1 Å². The summed E-state index contributed by atoms with van der Waals surface area (Å²) >= 11 is 0. The van der Waals surface area contributed by atoms with Gasteiger partial charge in [-0.05, 0) is 65.3 Å². The number of phenolic OH excluding ortho intramolecular Hbond substituents is 1. The molecule has 16 heteroatoms. The van der Waals surface area contributed by atoms with Gasteiger partial charge in [0.1, 0.15) is 22.1 Å². The van der Waals surface area contributed by atoms with Crippen LogP contribution in [0.15, 0.2) is 21.1 Å². The van der Waals surface area contributed by atoms with Gasteiger partial charge in [-0.3, -0.25) is 14.4 Å². The first-order chi connectivity index (χ1) is 21.3. The number of hydrogen-bond donors (Lipinski definition) is 6. The van der Waals surface area contributed by atoms with Crippen LogP contribution in [0.3, 0.4) is 0 Å². The number of sulfonamides is 1. The van der Waals surface area contributed by atoms with Crippen molar-refractivity contribution in [2.75, 3.05) is 39.6 Å². The van der Waals surface area contributed by atoms with Crippen LogP contribution >= 0.6 is 0 Å². The topological polar surface area (TPSA) is 243 Å². The molecule has 2 aliphatic rings. The van der Waals surface area contributed by atoms with Crippen LogP contribution in [0.2, 0.25) is 0 Å². The van der Waals surface area contributed by atoms with Gasteiger partial charge in [0.2, 0.25) is 21.7 Å². The SMILES string of the molecule is Cc1noc(C)c1S(=O)(=O)NCc1cc(N(C)C)c2c(c1O)C(O)=C1C(=O)[C@](O)(C(=O)C(C)C(N)=O)[C@H]([C@@H](CN)N(C)C)C[C@@H]1C2. The molecule has 1 saturated carbocycles. The molecule has 1 aromatic carbocycles. The third kappa shape index (κ3) is 5.57. The number of aliphatic hydroxyl groups excluding tert-OH is 1. The number of anilines is 1. The number of aromatic hydroxyl groups is 1. The molecule has 1 unspecified atom stereocenters. The number of likely N-dealkylation sites (N-methyl/N-ethyl adjacent to an activating group) is 1. The van der Waals surface area contributed by atoms with E-state index in [-0.39, 0.29) is 52.4 Å². The fourth-order valence-electron chi connectivity index (χ4n) is 6.80. The Labute approximate surface area is 267 Å². The van der Waals surface area contributed by atoms with Gasteiger partial charge in [0.25, 0.3) is 0 Å². The minimum atomic E-state index is -4.14. The second kappa shape index (κ2) is 12.4. The normalized spacial score (nSPS) is 22.8. The van der Waals surface area contributed by atoms with Gasteiger partial charge < -0.3 is 41.1 Å². The molecule has 1 amide bonds. The molecular formula is C30H42N6O9S. The van der Waals surface area contributed by atoms with Gasteiger partial charge in [0.05, 0.1) is 11.5 Å². The highest BCUT2D eigenvalue weighted by atomic mass is 32.2. The zero-order chi connectivity index (χ0) is 34.6. The molecule has 15 nitrogen and oxygen atoms in total. The molecule has 5 atom stereocenters. The molecule has 2 aliphatic carbocycles. The van der Waals surface area contributed by atoms with Gasteiger partial charge in [-0.2, -0.15) is 0 Å². The van der Waals surface area contributed by atoms with E-state index in [1.165, 1.54) is 20.8 Å². The van der Waals surface area contributed by atoms with Crippen molar-refractivity contribution >= 4 is 38.9 Å². The van der Waals surface area contributed by atoms with Gasteiger partial charge in [-0.1, -0.05) is 5.16 Å². The van der Waals surface area contributed by atoms with E-state index in [4.69, 9.17) is 16.0 Å². The maximum atomic E-state index is 14.3. The summed E-state index contributed by atoms with van der Waals surface area (Å²) in [6, 6.07) is 0.916. The minimum absolute atomic E-state index is 0.0310. The molecule has 1 fully saturated rings. The average molecular weight is 663 g/mol. The Bertz CT molecular complexity index is 1710. The van der Waals surface area contributed by atoms with Crippen LogP contribution in [-0.4, -0.2) is 97.6 Å². The number of primary amides is 1. The molecule has 1 heterocycles. The Morgan fingerprint density at radius 1 is 1.22 bits per heavy atom. The van der Waals surface area contributed by atoms with E-state index in [1.54, 1.807) is 44.1 Å². The third-order valence-corrected chi connectivity index (χ3v) is 10.9. The molecule has 252 valence electrons. The highest BCUT2D eigenvalue weighted by Crippen LogP contribution is 2.51. The van der Waals surface area contributed by atoms with Crippen molar-refractivity contribution in [3.8, 4) is 5.75 Å². The van der Waals surface area contributed by atoms with Gasteiger partial charge in [0, 0.05) is 56.0 Å². The fraction of sp³-hybridized carbons (Fsp3) is 0.533. The number of benzene rings is 1. The van der Waals surface area contributed by atoms with Crippen molar-refractivity contribution in [2.24, 2.45) is 29.2 Å². The van der Waals surface area contributed by atoms with E-state index in [0.29, 0.717) is 11.3 Å². The lowest BCUT2D eigenvalue weighted by molar-refractivity contribution is -0.165. The first-order valence-electron chi connectivity index (χ1n) is 14.7. The van der Waals surface area contributed by atoms with Crippen molar-refractivity contribution in [1.29, 1.82) is 0 Å². The van der Waals surface area contributed by atoms with Crippen molar-refractivity contribution < 1.29 is 42.6 Å². The van der Waals surface area contributed by atoms with Crippen LogP contribution in [0.4, 0.5) is 5.69 Å². The zero-order valence-electron chi connectivity index (χ0n) is 26.9. The number of aromatic nitrogens is 1. The number of nitrogens with one attached hydrogen (secondary N) is 1. The molecule has 0 saturated heterocycles. The summed E-state index contributed by atoms with van der Waals surface area (Å²) in [6.45, 7) is 3.68. The number of aliphatic hydroxyl groups is 2. The molecule has 0 spiro atoms. The van der Waals surface area contributed by atoms with Crippen LogP contribution in [-0.2, 0) is 37.4 Å². The van der Waals surface area contributed by atoms with Crippen molar-refractivity contribution in [3.63, 3.8) is 0 Å². The summed E-state index contributed by atoms with van der Waals surface area (Å²) in [5.41, 5.74) is 9.53. The van der Waals surface area contributed by atoms with Crippen molar-refractivity contribution in [2.45, 2.75) is 56.7 Å². The fourth-order valence-corrected chi connectivity index (χ4v) is 8.13. The lowest BCUT2D eigenvalue weighted by atomic mass is 9.59. The lowest BCUT2D eigenvalue weighted by Gasteiger charge is -2.48. The van der Waals surface area contributed by atoms with Gasteiger partial charge in [0.15, 0.2) is 17.1 Å². The summed E-state index contributed by atoms with van der Waals surface area (Å²) in [6.07, 6.45) is 0.161. The predicted octanol–water partition coefficient (Wildman–Crippen LogP) is -0.118.